The number of aromatic nitrogens is 2. The second kappa shape index (κ2) is 3.18. The molecule has 0 aliphatic heterocycles. The van der Waals surface area contributed by atoms with E-state index in [1.165, 1.54) is 10.9 Å². The molecular formula is C10H13N3. The Hall–Kier alpha value is -1.35. The monoisotopic (exact) mass is 175 g/mol. The van der Waals surface area contributed by atoms with Crippen molar-refractivity contribution in [2.75, 3.05) is 7.05 Å². The Kier molecular flexibility index (Phi) is 2.02. The largest absolute Gasteiger partial charge is 0.301 e. The highest BCUT2D eigenvalue weighted by Crippen LogP contribution is 2.16. The summed E-state index contributed by atoms with van der Waals surface area (Å²) < 4.78 is 1.98. The third-order valence-electron chi connectivity index (χ3n) is 2.15. The lowest BCUT2D eigenvalue weighted by atomic mass is 10.2. The molecule has 0 radical (unpaired) electrons. The summed E-state index contributed by atoms with van der Waals surface area (Å²) in [6, 6.07) is 8.27. The van der Waals surface area contributed by atoms with Crippen LogP contribution in [0.3, 0.4) is 0 Å². The van der Waals surface area contributed by atoms with E-state index in [9.17, 15) is 0 Å². The van der Waals surface area contributed by atoms with Gasteiger partial charge in [-0.25, -0.2) is 0 Å². The number of nitrogens with zero attached hydrogens (tertiary/aromatic N) is 2. The zero-order valence-electron chi connectivity index (χ0n) is 7.91. The minimum absolute atomic E-state index is 0.758. The molecule has 1 aromatic heterocycles. The smallest absolute Gasteiger partial charge is 0.0908 e. The standard InChI is InChI=1S/C10H13N3/c1-8-9-5-3-4-6-10(9)13(12-8)7-11-2/h3-6,11H,7H2,1-2H3. The Bertz CT molecular complexity index is 417. The van der Waals surface area contributed by atoms with Crippen molar-refractivity contribution in [2.45, 2.75) is 13.6 Å². The van der Waals surface area contributed by atoms with E-state index in [4.69, 9.17) is 0 Å². The second-order valence-electron chi connectivity index (χ2n) is 3.11. The van der Waals surface area contributed by atoms with Crippen molar-refractivity contribution in [1.82, 2.24) is 15.1 Å². The van der Waals surface area contributed by atoms with Crippen LogP contribution in [0.1, 0.15) is 5.69 Å². The van der Waals surface area contributed by atoms with Gasteiger partial charge in [-0.05, 0) is 20.0 Å². The van der Waals surface area contributed by atoms with Gasteiger partial charge < -0.3 is 5.32 Å². The van der Waals surface area contributed by atoms with Gasteiger partial charge in [-0.15, -0.1) is 0 Å². The number of benzene rings is 1. The van der Waals surface area contributed by atoms with Crippen molar-refractivity contribution < 1.29 is 0 Å². The minimum Gasteiger partial charge on any atom is -0.301 e. The highest BCUT2D eigenvalue weighted by atomic mass is 15.3. The normalized spacial score (nSPS) is 10.9. The van der Waals surface area contributed by atoms with Crippen molar-refractivity contribution in [3.63, 3.8) is 0 Å². The predicted molar refractivity (Wildman–Crippen MR) is 53.5 cm³/mol. The highest BCUT2D eigenvalue weighted by molar-refractivity contribution is 5.81. The van der Waals surface area contributed by atoms with Gasteiger partial charge >= 0.3 is 0 Å². The van der Waals surface area contributed by atoms with Gasteiger partial charge in [-0.2, -0.15) is 5.10 Å². The number of rotatable bonds is 2. The van der Waals surface area contributed by atoms with Gasteiger partial charge in [-0.3, -0.25) is 4.68 Å². The molecule has 0 fully saturated rings. The molecule has 0 spiro atoms. The van der Waals surface area contributed by atoms with Crippen molar-refractivity contribution >= 4 is 10.9 Å². The summed E-state index contributed by atoms with van der Waals surface area (Å²) in [5, 5.41) is 8.76. The lowest BCUT2D eigenvalue weighted by Gasteiger charge is -2.00. The fraction of sp³-hybridized carbons (Fsp3) is 0.300. The van der Waals surface area contributed by atoms with E-state index in [1.807, 2.05) is 30.8 Å². The number of fused-ring (bicyclic) bond motifs is 1. The van der Waals surface area contributed by atoms with Crippen molar-refractivity contribution in [2.24, 2.45) is 0 Å². The molecule has 0 saturated heterocycles. The molecule has 0 aliphatic carbocycles. The molecule has 0 aliphatic rings. The summed E-state index contributed by atoms with van der Waals surface area (Å²) in [7, 11) is 1.92. The van der Waals surface area contributed by atoms with E-state index in [0.29, 0.717) is 0 Å². The third-order valence-corrected chi connectivity index (χ3v) is 2.15. The lowest BCUT2D eigenvalue weighted by molar-refractivity contribution is 0.569. The van der Waals surface area contributed by atoms with Crippen LogP contribution < -0.4 is 5.32 Å². The molecule has 13 heavy (non-hydrogen) atoms. The van der Waals surface area contributed by atoms with Crippen LogP contribution in [0, 0.1) is 6.92 Å². The van der Waals surface area contributed by atoms with Gasteiger partial charge in [0.2, 0.25) is 0 Å². The van der Waals surface area contributed by atoms with Crippen LogP contribution in [-0.2, 0) is 6.67 Å². The molecule has 3 nitrogen and oxygen atoms in total. The molecular weight excluding hydrogens is 162 g/mol. The molecule has 2 rings (SSSR count). The van der Waals surface area contributed by atoms with E-state index >= 15 is 0 Å². The summed E-state index contributed by atoms with van der Waals surface area (Å²) in [6.07, 6.45) is 0. The third kappa shape index (κ3) is 1.31. The van der Waals surface area contributed by atoms with Crippen LogP contribution in [0.15, 0.2) is 24.3 Å². The van der Waals surface area contributed by atoms with Gasteiger partial charge in [0, 0.05) is 5.39 Å². The molecule has 1 N–H and O–H groups in total. The minimum atomic E-state index is 0.758. The Morgan fingerprint density at radius 3 is 2.92 bits per heavy atom. The quantitative estimate of drug-likeness (QED) is 0.750. The summed E-state index contributed by atoms with van der Waals surface area (Å²) in [4.78, 5) is 0. The van der Waals surface area contributed by atoms with Gasteiger partial charge in [0.15, 0.2) is 0 Å². The molecule has 68 valence electrons. The first kappa shape index (κ1) is 8.26. The van der Waals surface area contributed by atoms with Gasteiger partial charge in [-0.1, -0.05) is 18.2 Å². The predicted octanol–water partition coefficient (Wildman–Crippen LogP) is 1.52. The number of nitrogens with one attached hydrogen (secondary N) is 1. The van der Waals surface area contributed by atoms with Crippen LogP contribution in [0.4, 0.5) is 0 Å². The molecule has 2 aromatic rings. The maximum atomic E-state index is 4.43. The van der Waals surface area contributed by atoms with E-state index in [-0.39, 0.29) is 0 Å². The Labute approximate surface area is 77.4 Å². The van der Waals surface area contributed by atoms with Crippen molar-refractivity contribution in [3.05, 3.63) is 30.0 Å². The molecule has 0 saturated carbocycles. The maximum Gasteiger partial charge on any atom is 0.0908 e. The van der Waals surface area contributed by atoms with Crippen LogP contribution in [0.25, 0.3) is 10.9 Å². The Balaban J connectivity index is 2.63. The van der Waals surface area contributed by atoms with Gasteiger partial charge in [0.25, 0.3) is 0 Å². The summed E-state index contributed by atoms with van der Waals surface area (Å²) in [5.74, 6) is 0. The lowest BCUT2D eigenvalue weighted by Crippen LogP contribution is -2.13. The van der Waals surface area contributed by atoms with Gasteiger partial charge in [0.1, 0.15) is 0 Å². The van der Waals surface area contributed by atoms with Crippen LogP contribution in [-0.4, -0.2) is 16.8 Å². The zero-order chi connectivity index (χ0) is 9.26. The topological polar surface area (TPSA) is 29.9 Å². The number of para-hydroxylation sites is 1. The molecule has 0 amide bonds. The first-order valence-electron chi connectivity index (χ1n) is 4.39. The molecule has 1 aromatic carbocycles. The SMILES string of the molecule is CNCn1nc(C)c2ccccc21. The average Bonchev–Trinajstić information content (AvgIpc) is 2.46. The molecule has 3 heteroatoms. The van der Waals surface area contributed by atoms with Gasteiger partial charge in [0.05, 0.1) is 17.9 Å². The molecule has 0 bridgehead atoms. The van der Waals surface area contributed by atoms with E-state index in [2.05, 4.69) is 22.5 Å². The second-order valence-corrected chi connectivity index (χ2v) is 3.11. The van der Waals surface area contributed by atoms with E-state index in [0.717, 1.165) is 12.4 Å². The van der Waals surface area contributed by atoms with Crippen molar-refractivity contribution in [1.29, 1.82) is 0 Å². The Morgan fingerprint density at radius 2 is 2.15 bits per heavy atom. The fourth-order valence-electron chi connectivity index (χ4n) is 1.56. The van der Waals surface area contributed by atoms with Crippen molar-refractivity contribution in [3.8, 4) is 0 Å². The van der Waals surface area contributed by atoms with Crippen LogP contribution in [0.5, 0.6) is 0 Å². The fourth-order valence-corrected chi connectivity index (χ4v) is 1.56. The van der Waals surface area contributed by atoms with Crippen LogP contribution in [0.2, 0.25) is 0 Å². The summed E-state index contributed by atoms with van der Waals surface area (Å²) >= 11 is 0. The molecule has 0 unspecified atom stereocenters. The summed E-state index contributed by atoms with van der Waals surface area (Å²) in [6.45, 7) is 2.79. The summed E-state index contributed by atoms with van der Waals surface area (Å²) in [5.41, 5.74) is 2.28. The maximum absolute atomic E-state index is 4.43. The van der Waals surface area contributed by atoms with E-state index in [1.54, 1.807) is 0 Å². The average molecular weight is 175 g/mol. The zero-order valence-corrected chi connectivity index (χ0v) is 7.91. The van der Waals surface area contributed by atoms with Crippen LogP contribution >= 0.6 is 0 Å². The number of hydrogen-bond donors (Lipinski definition) is 1. The first-order valence-corrected chi connectivity index (χ1v) is 4.39. The molecule has 0 atom stereocenters. The number of aryl methyl sites for hydroxylation is 1. The Morgan fingerprint density at radius 1 is 1.38 bits per heavy atom. The molecule has 1 heterocycles. The number of hydrogen-bond acceptors (Lipinski definition) is 2. The first-order chi connectivity index (χ1) is 6.33. The van der Waals surface area contributed by atoms with E-state index < -0.39 is 0 Å². The highest BCUT2D eigenvalue weighted by Gasteiger charge is 2.03.